The highest BCUT2D eigenvalue weighted by atomic mass is 15.2. The van der Waals surface area contributed by atoms with E-state index in [0.717, 1.165) is 56.6 Å². The van der Waals surface area contributed by atoms with E-state index in [4.69, 9.17) is 0 Å². The quantitative estimate of drug-likeness (QED) is 0.0856. The van der Waals surface area contributed by atoms with E-state index >= 15 is 0 Å². The van der Waals surface area contributed by atoms with Crippen LogP contribution in [0.15, 0.2) is 291 Å². The Labute approximate surface area is 653 Å². The fourth-order valence-corrected chi connectivity index (χ4v) is 18.9. The molecule has 0 N–H and O–H groups in total. The maximum atomic E-state index is 2.77. The number of benzene rings is 16. The lowest BCUT2D eigenvalue weighted by molar-refractivity contribution is 0.590. The van der Waals surface area contributed by atoms with Gasteiger partial charge in [0.25, 0.3) is 6.71 Å². The zero-order valence-corrected chi connectivity index (χ0v) is 66.6. The van der Waals surface area contributed by atoms with E-state index in [1.807, 2.05) is 0 Å². The van der Waals surface area contributed by atoms with Gasteiger partial charge < -0.3 is 18.9 Å². The zero-order valence-electron chi connectivity index (χ0n) is 66.6. The second kappa shape index (κ2) is 24.3. The molecule has 2 aromatic heterocycles. The summed E-state index contributed by atoms with van der Waals surface area (Å²) in [4.78, 5) is 5.54. The van der Waals surface area contributed by atoms with Crippen molar-refractivity contribution in [2.45, 2.75) is 131 Å². The molecule has 0 atom stereocenters. The van der Waals surface area contributed by atoms with Crippen LogP contribution in [0.25, 0.3) is 132 Å². The fourth-order valence-electron chi connectivity index (χ4n) is 18.9. The number of rotatable bonds is 8. The minimum absolute atomic E-state index is 0.0588. The molecule has 18 aromatic rings. The third-order valence-corrected chi connectivity index (χ3v) is 24.8. The van der Waals surface area contributed by atoms with Crippen LogP contribution < -0.4 is 26.2 Å². The monoisotopic (exact) mass is 1430 g/mol. The van der Waals surface area contributed by atoms with E-state index in [-0.39, 0.29) is 33.8 Å². The summed E-state index contributed by atoms with van der Waals surface area (Å²) in [5.74, 6) is 0. The highest BCUT2D eigenvalue weighted by molar-refractivity contribution is 7.00. The number of hydrogen-bond donors (Lipinski definition) is 0. The standard InChI is InChI=1S/C106H93BN4/c1-102(2,3)70-46-40-66(41-47-70)83-58-73(105(10,11)12)59-84(67-42-48-71(49-43-67)103(4,5)6)101(83)111-91-62-75(108-87-38-24-22-34-77(87)78-35-23-25-39-88(78)108)50-52-85(91)107-86-53-51-76(109-89-54-44-68-32-26-36-79-80-37-27-33-69-45-55-90(109)98(96(69)80)97(89)95(68)79)63-92(86)110(93-60-74(106(13,14)15)61-94(111)99(93)107)100-81(64-28-18-16-19-29-64)56-72(104(7,8)9)57-82(100)65-30-20-17-21-31-65/h16-63H,1-15H3. The summed E-state index contributed by atoms with van der Waals surface area (Å²) in [6.07, 6.45) is 0. The van der Waals surface area contributed by atoms with E-state index in [9.17, 15) is 0 Å². The van der Waals surface area contributed by atoms with Crippen molar-refractivity contribution < 1.29 is 0 Å². The number of nitrogens with zero attached hydrogens (tertiary/aromatic N) is 4. The van der Waals surface area contributed by atoms with Crippen molar-refractivity contribution in [1.29, 1.82) is 0 Å². The van der Waals surface area contributed by atoms with Gasteiger partial charge in [-0.15, -0.1) is 0 Å². The van der Waals surface area contributed by atoms with Crippen LogP contribution in [0, 0.1) is 0 Å². The minimum Gasteiger partial charge on any atom is -0.310 e. The van der Waals surface area contributed by atoms with Gasteiger partial charge in [-0.05, 0) is 211 Å². The zero-order chi connectivity index (χ0) is 76.3. The second-order valence-corrected chi connectivity index (χ2v) is 36.9. The van der Waals surface area contributed by atoms with Gasteiger partial charge in [-0.3, -0.25) is 0 Å². The molecule has 4 heterocycles. The van der Waals surface area contributed by atoms with Crippen LogP contribution in [-0.2, 0) is 27.1 Å². The van der Waals surface area contributed by atoms with Crippen molar-refractivity contribution in [2.75, 3.05) is 9.80 Å². The third kappa shape index (κ3) is 10.6. The van der Waals surface area contributed by atoms with Crippen LogP contribution >= 0.6 is 0 Å². The van der Waals surface area contributed by atoms with Crippen LogP contribution in [0.3, 0.4) is 0 Å². The molecular weight excluding hydrogens is 1340 g/mol. The summed E-state index contributed by atoms with van der Waals surface area (Å²) in [6.45, 7) is 35.2. The van der Waals surface area contributed by atoms with Gasteiger partial charge in [0, 0.05) is 77.9 Å². The predicted octanol–water partition coefficient (Wildman–Crippen LogP) is 27.5. The number of anilines is 6. The first kappa shape index (κ1) is 68.4. The van der Waals surface area contributed by atoms with E-state index in [2.05, 4.69) is 414 Å². The van der Waals surface area contributed by atoms with Crippen LogP contribution in [-0.4, -0.2) is 15.8 Å². The van der Waals surface area contributed by atoms with E-state index < -0.39 is 0 Å². The molecule has 2 aliphatic heterocycles. The van der Waals surface area contributed by atoms with Crippen LogP contribution in [0.5, 0.6) is 0 Å². The van der Waals surface area contributed by atoms with Crippen molar-refractivity contribution in [3.63, 3.8) is 0 Å². The Kier molecular flexibility index (Phi) is 15.0. The highest BCUT2D eigenvalue weighted by Crippen LogP contribution is 2.57. The molecule has 16 aromatic carbocycles. The molecule has 20 rings (SSSR count). The molecule has 0 saturated heterocycles. The Morgan fingerprint density at radius 3 is 0.946 bits per heavy atom. The first-order valence-corrected chi connectivity index (χ1v) is 39.9. The van der Waals surface area contributed by atoms with Gasteiger partial charge in [0.15, 0.2) is 0 Å². The van der Waals surface area contributed by atoms with Gasteiger partial charge in [-0.2, -0.15) is 0 Å². The summed E-state index contributed by atoms with van der Waals surface area (Å²) in [5, 5.41) is 12.9. The van der Waals surface area contributed by atoms with E-state index in [1.165, 1.54) is 154 Å². The predicted molar refractivity (Wildman–Crippen MR) is 479 cm³/mol. The van der Waals surface area contributed by atoms with Crippen molar-refractivity contribution in [1.82, 2.24) is 9.13 Å². The largest absolute Gasteiger partial charge is 0.310 e. The van der Waals surface area contributed by atoms with Crippen molar-refractivity contribution in [2.24, 2.45) is 0 Å². The number of hydrogen-bond acceptors (Lipinski definition) is 2. The average Bonchev–Trinajstić information content (AvgIpc) is 1.67. The number of para-hydroxylation sites is 2. The Morgan fingerprint density at radius 2 is 0.568 bits per heavy atom. The maximum Gasteiger partial charge on any atom is 0.252 e. The molecule has 0 saturated carbocycles. The molecule has 0 aliphatic carbocycles. The summed E-state index contributed by atoms with van der Waals surface area (Å²) >= 11 is 0. The molecule has 0 radical (unpaired) electrons. The van der Waals surface area contributed by atoms with E-state index in [0.29, 0.717) is 0 Å². The smallest absolute Gasteiger partial charge is 0.252 e. The number of aromatic nitrogens is 2. The van der Waals surface area contributed by atoms with Crippen LogP contribution in [0.1, 0.15) is 132 Å². The molecule has 5 heteroatoms. The lowest BCUT2D eigenvalue weighted by atomic mass is 9.33. The molecule has 111 heavy (non-hydrogen) atoms. The lowest BCUT2D eigenvalue weighted by Gasteiger charge is -2.47. The SMILES string of the molecule is CC(C)(C)c1ccc(-c2cc(C(C)(C)C)cc(-c3ccc(C(C)(C)C)cc3)c2N2c3cc(-n4c5ccccc5c5ccccc54)ccc3B3c4ccc(-n5c6ccc7cccc8c9cccc%10ccc5c(c%109)c6c78)cc4N(c4c(-c5ccccc5)cc(C(C)(C)C)cc4-c4ccccc4)c4cc(C(C)(C)C)cc2c43)cc1. The van der Waals surface area contributed by atoms with Crippen LogP contribution in [0.2, 0.25) is 0 Å². The van der Waals surface area contributed by atoms with Gasteiger partial charge in [0.05, 0.1) is 33.4 Å². The minimum atomic E-state index is -0.349. The van der Waals surface area contributed by atoms with E-state index in [1.54, 1.807) is 0 Å². The van der Waals surface area contributed by atoms with Gasteiger partial charge in [0.1, 0.15) is 0 Å². The molecule has 0 amide bonds. The van der Waals surface area contributed by atoms with Gasteiger partial charge in [-0.25, -0.2) is 0 Å². The summed E-state index contributed by atoms with van der Waals surface area (Å²) < 4.78 is 5.13. The summed E-state index contributed by atoms with van der Waals surface area (Å²) in [7, 11) is 0. The summed E-state index contributed by atoms with van der Waals surface area (Å²) in [5.41, 5.74) is 32.5. The number of fused-ring (bicyclic) bond motifs is 8. The van der Waals surface area contributed by atoms with Crippen LogP contribution in [0.4, 0.5) is 34.1 Å². The Bertz CT molecular complexity index is 6520. The first-order valence-electron chi connectivity index (χ1n) is 39.9. The fraction of sp³-hybridized carbons (Fsp3) is 0.189. The van der Waals surface area contributed by atoms with Gasteiger partial charge in [0.2, 0.25) is 0 Å². The van der Waals surface area contributed by atoms with Crippen molar-refractivity contribution in [3.05, 3.63) is 319 Å². The molecular formula is C106H93BN4. The van der Waals surface area contributed by atoms with Crippen molar-refractivity contribution >= 4 is 133 Å². The third-order valence-electron chi connectivity index (χ3n) is 24.8. The van der Waals surface area contributed by atoms with Crippen molar-refractivity contribution in [3.8, 4) is 55.9 Å². The summed E-state index contributed by atoms with van der Waals surface area (Å²) in [6, 6.07) is 114. The lowest BCUT2D eigenvalue weighted by Crippen LogP contribution is -2.61. The first-order chi connectivity index (χ1) is 53.2. The van der Waals surface area contributed by atoms with Gasteiger partial charge in [-0.1, -0.05) is 310 Å². The maximum absolute atomic E-state index is 2.77. The van der Waals surface area contributed by atoms with Gasteiger partial charge >= 0.3 is 0 Å². The molecule has 0 bridgehead atoms. The Morgan fingerprint density at radius 1 is 0.234 bits per heavy atom. The molecule has 0 fully saturated rings. The average molecular weight is 1430 g/mol. The molecule has 4 nitrogen and oxygen atoms in total. The highest BCUT2D eigenvalue weighted by Gasteiger charge is 2.47. The molecule has 2 aliphatic rings. The Balaban J connectivity index is 0.973. The molecule has 0 unspecified atom stereocenters. The second-order valence-electron chi connectivity index (χ2n) is 36.9. The normalized spacial score (nSPS) is 13.5. The molecule has 540 valence electrons. The topological polar surface area (TPSA) is 16.3 Å². The Hall–Kier alpha value is -11.9. The molecule has 0 spiro atoms.